The van der Waals surface area contributed by atoms with Crippen molar-refractivity contribution in [2.75, 3.05) is 40.8 Å². The van der Waals surface area contributed by atoms with Gasteiger partial charge >= 0.3 is 0 Å². The van der Waals surface area contributed by atoms with E-state index in [9.17, 15) is 4.79 Å². The molecule has 0 aliphatic rings. The van der Waals surface area contributed by atoms with Gasteiger partial charge in [0.15, 0.2) is 5.78 Å². The Kier molecular flexibility index (Phi) is 7.74. The first kappa shape index (κ1) is 17.6. The van der Waals surface area contributed by atoms with Crippen molar-refractivity contribution >= 4 is 33.3 Å². The fraction of sp³-hybridized carbons (Fsp3) is 0.533. The second kappa shape index (κ2) is 8.78. The third-order valence-electron chi connectivity index (χ3n) is 3.10. The molecular weight excluding hydrogens is 340 g/mol. The lowest BCUT2D eigenvalue weighted by Gasteiger charge is -2.17. The van der Waals surface area contributed by atoms with Crippen molar-refractivity contribution in [3.05, 3.63) is 33.3 Å². The summed E-state index contributed by atoms with van der Waals surface area (Å²) in [7, 11) is 6.18. The Balaban J connectivity index is 2.39. The molecule has 5 heteroatoms. The van der Waals surface area contributed by atoms with Gasteiger partial charge in [-0.3, -0.25) is 4.79 Å². The number of hydrogen-bond acceptors (Lipinski definition) is 3. The van der Waals surface area contributed by atoms with Gasteiger partial charge in [-0.2, -0.15) is 0 Å². The molecule has 1 aromatic carbocycles. The molecule has 0 aromatic heterocycles. The molecule has 0 N–H and O–H groups in total. The van der Waals surface area contributed by atoms with Gasteiger partial charge in [0, 0.05) is 23.0 Å². The highest BCUT2D eigenvalue weighted by Gasteiger charge is 2.11. The lowest BCUT2D eigenvalue weighted by molar-refractivity contribution is 0.0968. The maximum Gasteiger partial charge on any atom is 0.165 e. The van der Waals surface area contributed by atoms with E-state index in [2.05, 4.69) is 39.8 Å². The molecule has 3 nitrogen and oxygen atoms in total. The van der Waals surface area contributed by atoms with E-state index in [1.807, 2.05) is 13.1 Å². The molecular formula is C15H22BrClN2O. The first-order chi connectivity index (χ1) is 9.40. The fourth-order valence-corrected chi connectivity index (χ4v) is 2.69. The predicted octanol–water partition coefficient (Wildman–Crippen LogP) is 3.56. The summed E-state index contributed by atoms with van der Waals surface area (Å²) in [5.41, 5.74) is 0.608. The first-order valence-electron chi connectivity index (χ1n) is 6.71. The summed E-state index contributed by atoms with van der Waals surface area (Å²) in [6.45, 7) is 2.83. The van der Waals surface area contributed by atoms with E-state index in [1.54, 1.807) is 12.1 Å². The van der Waals surface area contributed by atoms with E-state index in [-0.39, 0.29) is 5.78 Å². The van der Waals surface area contributed by atoms with E-state index in [4.69, 9.17) is 11.6 Å². The van der Waals surface area contributed by atoms with Gasteiger partial charge in [0.1, 0.15) is 0 Å². The average Bonchev–Trinajstić information content (AvgIpc) is 2.35. The molecule has 0 bridgehead atoms. The summed E-state index contributed by atoms with van der Waals surface area (Å²) in [5.74, 6) is 0.0990. The van der Waals surface area contributed by atoms with Crippen molar-refractivity contribution in [2.45, 2.75) is 12.8 Å². The molecule has 0 fully saturated rings. The summed E-state index contributed by atoms with van der Waals surface area (Å²) >= 11 is 9.43. The Labute approximate surface area is 135 Å². The highest BCUT2D eigenvalue weighted by atomic mass is 79.9. The van der Waals surface area contributed by atoms with Crippen LogP contribution in [0.1, 0.15) is 23.2 Å². The van der Waals surface area contributed by atoms with Gasteiger partial charge in [0.05, 0.1) is 5.02 Å². The maximum atomic E-state index is 12.1. The summed E-state index contributed by atoms with van der Waals surface area (Å²) < 4.78 is 0.889. The number of carbonyl (C=O) groups excluding carboxylic acids is 1. The zero-order chi connectivity index (χ0) is 15.1. The highest BCUT2D eigenvalue weighted by Crippen LogP contribution is 2.22. The molecule has 0 radical (unpaired) electrons. The van der Waals surface area contributed by atoms with Gasteiger partial charge in [0.25, 0.3) is 0 Å². The number of ketones is 1. The summed E-state index contributed by atoms with van der Waals surface area (Å²) in [4.78, 5) is 16.5. The molecule has 1 rings (SSSR count). The predicted molar refractivity (Wildman–Crippen MR) is 88.8 cm³/mol. The zero-order valence-electron chi connectivity index (χ0n) is 12.3. The van der Waals surface area contributed by atoms with Gasteiger partial charge in [0.2, 0.25) is 0 Å². The number of hydrogen-bond donors (Lipinski definition) is 0. The Hall–Kier alpha value is -0.420. The SMILES string of the molecule is CN(C)CCCN(C)CCC(=O)c1ccc(Br)cc1Cl. The third-order valence-corrected chi connectivity index (χ3v) is 3.90. The van der Waals surface area contributed by atoms with Crippen molar-refractivity contribution in [2.24, 2.45) is 0 Å². The van der Waals surface area contributed by atoms with Crippen LogP contribution in [-0.2, 0) is 0 Å². The number of Topliss-reactive ketones (excluding diaryl/α,β-unsaturated/α-hetero) is 1. The van der Waals surface area contributed by atoms with Gasteiger partial charge in [-0.1, -0.05) is 27.5 Å². The molecule has 0 spiro atoms. The highest BCUT2D eigenvalue weighted by molar-refractivity contribution is 9.10. The molecule has 20 heavy (non-hydrogen) atoms. The van der Waals surface area contributed by atoms with Crippen molar-refractivity contribution in [1.29, 1.82) is 0 Å². The molecule has 0 aliphatic carbocycles. The van der Waals surface area contributed by atoms with Gasteiger partial charge in [-0.25, -0.2) is 0 Å². The van der Waals surface area contributed by atoms with Gasteiger partial charge in [-0.15, -0.1) is 0 Å². The molecule has 0 aliphatic heterocycles. The largest absolute Gasteiger partial charge is 0.309 e. The number of carbonyl (C=O) groups is 1. The van der Waals surface area contributed by atoms with E-state index >= 15 is 0 Å². The molecule has 0 saturated heterocycles. The molecule has 112 valence electrons. The fourth-order valence-electron chi connectivity index (χ4n) is 1.91. The molecule has 0 atom stereocenters. The van der Waals surface area contributed by atoms with Gasteiger partial charge < -0.3 is 9.80 Å². The summed E-state index contributed by atoms with van der Waals surface area (Å²) in [5, 5.41) is 0.514. The van der Waals surface area contributed by atoms with E-state index in [1.165, 1.54) is 0 Å². The summed E-state index contributed by atoms with van der Waals surface area (Å²) in [6.07, 6.45) is 1.61. The molecule has 0 heterocycles. The lowest BCUT2D eigenvalue weighted by atomic mass is 10.1. The molecule has 0 saturated carbocycles. The number of nitrogens with zero attached hydrogens (tertiary/aromatic N) is 2. The van der Waals surface area contributed by atoms with Crippen LogP contribution < -0.4 is 0 Å². The van der Waals surface area contributed by atoms with E-state index < -0.39 is 0 Å². The van der Waals surface area contributed by atoms with Crippen LogP contribution >= 0.6 is 27.5 Å². The van der Waals surface area contributed by atoms with E-state index in [0.717, 1.165) is 30.5 Å². The smallest absolute Gasteiger partial charge is 0.165 e. The van der Waals surface area contributed by atoms with Crippen LogP contribution in [0.5, 0.6) is 0 Å². The topological polar surface area (TPSA) is 23.6 Å². The molecule has 0 amide bonds. The van der Waals surface area contributed by atoms with Crippen LogP contribution in [0.2, 0.25) is 5.02 Å². The third kappa shape index (κ3) is 6.35. The molecule has 0 unspecified atom stereocenters. The standard InChI is InChI=1S/C15H22BrClN2O/c1-18(2)8-4-9-19(3)10-7-15(20)13-6-5-12(16)11-14(13)17/h5-6,11H,4,7-10H2,1-3H3. The normalized spacial score (nSPS) is 11.3. The average molecular weight is 362 g/mol. The maximum absolute atomic E-state index is 12.1. The van der Waals surface area contributed by atoms with E-state index in [0.29, 0.717) is 17.0 Å². The minimum Gasteiger partial charge on any atom is -0.309 e. The second-order valence-electron chi connectivity index (χ2n) is 5.26. The van der Waals surface area contributed by atoms with Crippen LogP contribution in [0.3, 0.4) is 0 Å². The Bertz CT molecular complexity index is 451. The minimum absolute atomic E-state index is 0.0990. The van der Waals surface area contributed by atoms with Crippen LogP contribution in [0.4, 0.5) is 0 Å². The minimum atomic E-state index is 0.0990. The molecule has 1 aromatic rings. The van der Waals surface area contributed by atoms with Crippen molar-refractivity contribution in [1.82, 2.24) is 9.80 Å². The van der Waals surface area contributed by atoms with Gasteiger partial charge in [-0.05, 0) is 58.9 Å². The second-order valence-corrected chi connectivity index (χ2v) is 6.58. The number of halogens is 2. The first-order valence-corrected chi connectivity index (χ1v) is 7.88. The van der Waals surface area contributed by atoms with Crippen LogP contribution in [-0.4, -0.2) is 56.4 Å². The van der Waals surface area contributed by atoms with Crippen molar-refractivity contribution in [3.63, 3.8) is 0 Å². The van der Waals surface area contributed by atoms with Crippen LogP contribution in [0.15, 0.2) is 22.7 Å². The zero-order valence-corrected chi connectivity index (χ0v) is 14.7. The lowest BCUT2D eigenvalue weighted by Crippen LogP contribution is -2.26. The van der Waals surface area contributed by atoms with Crippen molar-refractivity contribution < 1.29 is 4.79 Å². The quantitative estimate of drug-likeness (QED) is 0.662. The monoisotopic (exact) mass is 360 g/mol. The van der Waals surface area contributed by atoms with Crippen molar-refractivity contribution in [3.8, 4) is 0 Å². The number of benzene rings is 1. The Morgan fingerprint density at radius 2 is 1.90 bits per heavy atom. The summed E-state index contributed by atoms with van der Waals surface area (Å²) in [6, 6.07) is 5.39. The van der Waals surface area contributed by atoms with Crippen LogP contribution in [0, 0.1) is 0 Å². The number of rotatable bonds is 8. The Morgan fingerprint density at radius 1 is 1.20 bits per heavy atom. The van der Waals surface area contributed by atoms with Crippen LogP contribution in [0.25, 0.3) is 0 Å². The Morgan fingerprint density at radius 3 is 2.50 bits per heavy atom.